The number of halogens is 1. The van der Waals surface area contributed by atoms with Gasteiger partial charge in [0.2, 0.25) is 0 Å². The van der Waals surface area contributed by atoms with Crippen LogP contribution in [0.5, 0.6) is 0 Å². The quantitative estimate of drug-likeness (QED) is 0.892. The summed E-state index contributed by atoms with van der Waals surface area (Å²) < 4.78 is 13.8. The molecule has 0 aliphatic carbocycles. The molecule has 2 nitrogen and oxygen atoms in total. The first-order valence-corrected chi connectivity index (χ1v) is 7.84. The van der Waals surface area contributed by atoms with Crippen LogP contribution in [0.2, 0.25) is 0 Å². The van der Waals surface area contributed by atoms with Gasteiger partial charge in [0.15, 0.2) is 0 Å². The summed E-state index contributed by atoms with van der Waals surface area (Å²) in [6, 6.07) is 6.65. The zero-order chi connectivity index (χ0) is 14.5. The van der Waals surface area contributed by atoms with E-state index in [9.17, 15) is 4.39 Å². The molecule has 3 atom stereocenters. The highest BCUT2D eigenvalue weighted by Crippen LogP contribution is 2.25. The molecular formula is C17H27FN2. The molecule has 0 spiro atoms. The smallest absolute Gasteiger partial charge is 0.127 e. The molecule has 0 bridgehead atoms. The summed E-state index contributed by atoms with van der Waals surface area (Å²) in [5.74, 6) is 0.903. The van der Waals surface area contributed by atoms with Gasteiger partial charge < -0.3 is 10.6 Å². The second-order valence-electron chi connectivity index (χ2n) is 6.20. The van der Waals surface area contributed by atoms with Crippen LogP contribution in [0, 0.1) is 17.7 Å². The molecular weight excluding hydrogens is 251 g/mol. The van der Waals surface area contributed by atoms with Gasteiger partial charge in [0.05, 0.1) is 0 Å². The zero-order valence-electron chi connectivity index (χ0n) is 12.7. The number of rotatable bonds is 5. The first-order valence-electron chi connectivity index (χ1n) is 7.84. The van der Waals surface area contributed by atoms with Crippen molar-refractivity contribution in [1.29, 1.82) is 0 Å². The lowest BCUT2D eigenvalue weighted by atomic mass is 9.91. The largest absolute Gasteiger partial charge is 0.324 e. The van der Waals surface area contributed by atoms with E-state index in [0.717, 1.165) is 19.0 Å². The number of hydrogen-bond donors (Lipinski definition) is 1. The molecule has 3 unspecified atom stereocenters. The van der Waals surface area contributed by atoms with Crippen LogP contribution in [0.25, 0.3) is 0 Å². The summed E-state index contributed by atoms with van der Waals surface area (Å²) in [6.45, 7) is 7.69. The molecule has 1 aliphatic rings. The Morgan fingerprint density at radius 2 is 2.15 bits per heavy atom. The second kappa shape index (κ2) is 7.19. The van der Waals surface area contributed by atoms with Crippen molar-refractivity contribution in [2.24, 2.45) is 17.6 Å². The zero-order valence-corrected chi connectivity index (χ0v) is 12.7. The molecule has 0 saturated carbocycles. The number of nitrogens with zero attached hydrogens (tertiary/aromatic N) is 1. The predicted octanol–water partition coefficient (Wildman–Crippen LogP) is 3.58. The highest BCUT2D eigenvalue weighted by molar-refractivity contribution is 5.21. The van der Waals surface area contributed by atoms with Crippen molar-refractivity contribution in [2.45, 2.75) is 39.2 Å². The molecule has 1 saturated heterocycles. The summed E-state index contributed by atoms with van der Waals surface area (Å²) in [5.41, 5.74) is 6.90. The third-order valence-electron chi connectivity index (χ3n) is 4.60. The predicted molar refractivity (Wildman–Crippen MR) is 81.9 cm³/mol. The Morgan fingerprint density at radius 3 is 2.85 bits per heavy atom. The molecule has 112 valence electrons. The molecule has 0 radical (unpaired) electrons. The van der Waals surface area contributed by atoms with E-state index in [2.05, 4.69) is 18.7 Å². The standard InChI is InChI=1S/C17H27FN2/c1-3-14-7-6-10-20(12-14)11-13(2)17(19)15-8-4-5-9-16(15)18/h4-5,8-9,13-14,17H,3,6-7,10-12,19H2,1-2H3. The summed E-state index contributed by atoms with van der Waals surface area (Å²) in [4.78, 5) is 2.50. The fraction of sp³-hybridized carbons (Fsp3) is 0.647. The van der Waals surface area contributed by atoms with Gasteiger partial charge in [-0.25, -0.2) is 4.39 Å². The number of piperidine rings is 1. The summed E-state index contributed by atoms with van der Waals surface area (Å²) in [5, 5.41) is 0. The third kappa shape index (κ3) is 3.80. The van der Waals surface area contributed by atoms with Gasteiger partial charge in [0, 0.05) is 24.7 Å². The van der Waals surface area contributed by atoms with Crippen molar-refractivity contribution < 1.29 is 4.39 Å². The number of nitrogens with two attached hydrogens (primary N) is 1. The van der Waals surface area contributed by atoms with E-state index in [-0.39, 0.29) is 17.8 Å². The maximum absolute atomic E-state index is 13.8. The molecule has 1 heterocycles. The highest BCUT2D eigenvalue weighted by Gasteiger charge is 2.24. The fourth-order valence-corrected chi connectivity index (χ4v) is 3.22. The molecule has 1 aromatic carbocycles. The first-order chi connectivity index (χ1) is 9.61. The molecule has 2 rings (SSSR count). The van der Waals surface area contributed by atoms with Crippen molar-refractivity contribution in [3.8, 4) is 0 Å². The molecule has 1 aromatic rings. The summed E-state index contributed by atoms with van der Waals surface area (Å²) in [7, 11) is 0. The molecule has 20 heavy (non-hydrogen) atoms. The van der Waals surface area contributed by atoms with Crippen molar-refractivity contribution >= 4 is 0 Å². The van der Waals surface area contributed by atoms with Crippen LogP contribution >= 0.6 is 0 Å². The van der Waals surface area contributed by atoms with Crippen molar-refractivity contribution in [1.82, 2.24) is 4.90 Å². The Hall–Kier alpha value is -0.930. The van der Waals surface area contributed by atoms with Gasteiger partial charge in [0.1, 0.15) is 5.82 Å². The maximum Gasteiger partial charge on any atom is 0.127 e. The van der Waals surface area contributed by atoms with Gasteiger partial charge in [0.25, 0.3) is 0 Å². The first kappa shape index (κ1) is 15.5. The van der Waals surface area contributed by atoms with Crippen LogP contribution in [0.1, 0.15) is 44.7 Å². The second-order valence-corrected chi connectivity index (χ2v) is 6.20. The van der Waals surface area contributed by atoms with Gasteiger partial charge in [-0.15, -0.1) is 0 Å². The minimum Gasteiger partial charge on any atom is -0.324 e. The average molecular weight is 278 g/mol. The van der Waals surface area contributed by atoms with Gasteiger partial charge in [-0.3, -0.25) is 0 Å². The summed E-state index contributed by atoms with van der Waals surface area (Å²) >= 11 is 0. The van der Waals surface area contributed by atoms with Crippen molar-refractivity contribution in [3.05, 3.63) is 35.6 Å². The van der Waals surface area contributed by atoms with E-state index in [0.29, 0.717) is 5.56 Å². The number of hydrogen-bond acceptors (Lipinski definition) is 2. The average Bonchev–Trinajstić information content (AvgIpc) is 2.47. The lowest BCUT2D eigenvalue weighted by Gasteiger charge is -2.35. The van der Waals surface area contributed by atoms with Crippen LogP contribution in [-0.4, -0.2) is 24.5 Å². The fourth-order valence-electron chi connectivity index (χ4n) is 3.22. The molecule has 0 aromatic heterocycles. The monoisotopic (exact) mass is 278 g/mol. The van der Waals surface area contributed by atoms with Crippen LogP contribution in [0.4, 0.5) is 4.39 Å². The normalized spacial score (nSPS) is 23.5. The van der Waals surface area contributed by atoms with E-state index >= 15 is 0 Å². The van der Waals surface area contributed by atoms with E-state index in [1.54, 1.807) is 6.07 Å². The lowest BCUT2D eigenvalue weighted by molar-refractivity contribution is 0.145. The van der Waals surface area contributed by atoms with Gasteiger partial charge >= 0.3 is 0 Å². The Kier molecular flexibility index (Phi) is 5.55. The van der Waals surface area contributed by atoms with E-state index < -0.39 is 0 Å². The van der Waals surface area contributed by atoms with E-state index in [4.69, 9.17) is 5.73 Å². The van der Waals surface area contributed by atoms with Crippen LogP contribution in [0.3, 0.4) is 0 Å². The minimum absolute atomic E-state index is 0.183. The number of likely N-dealkylation sites (tertiary alicyclic amines) is 1. The Bertz CT molecular complexity index is 421. The maximum atomic E-state index is 13.8. The van der Waals surface area contributed by atoms with Gasteiger partial charge in [-0.1, -0.05) is 38.5 Å². The van der Waals surface area contributed by atoms with Gasteiger partial charge in [-0.2, -0.15) is 0 Å². The van der Waals surface area contributed by atoms with Crippen LogP contribution in [-0.2, 0) is 0 Å². The van der Waals surface area contributed by atoms with Crippen LogP contribution < -0.4 is 5.73 Å². The lowest BCUT2D eigenvalue weighted by Crippen LogP contribution is -2.40. The topological polar surface area (TPSA) is 29.3 Å². The molecule has 2 N–H and O–H groups in total. The molecule has 1 aliphatic heterocycles. The Balaban J connectivity index is 1.94. The van der Waals surface area contributed by atoms with E-state index in [1.807, 2.05) is 12.1 Å². The minimum atomic E-state index is -0.224. The van der Waals surface area contributed by atoms with E-state index in [1.165, 1.54) is 31.9 Å². The van der Waals surface area contributed by atoms with Gasteiger partial charge in [-0.05, 0) is 37.3 Å². The van der Waals surface area contributed by atoms with Crippen molar-refractivity contribution in [2.75, 3.05) is 19.6 Å². The third-order valence-corrected chi connectivity index (χ3v) is 4.60. The Labute approximate surface area is 122 Å². The molecule has 0 amide bonds. The molecule has 1 fully saturated rings. The van der Waals surface area contributed by atoms with Crippen LogP contribution in [0.15, 0.2) is 24.3 Å². The SMILES string of the molecule is CCC1CCCN(CC(C)C(N)c2ccccc2F)C1. The Morgan fingerprint density at radius 1 is 1.40 bits per heavy atom. The summed E-state index contributed by atoms with van der Waals surface area (Å²) in [6.07, 6.45) is 3.88. The van der Waals surface area contributed by atoms with Crippen molar-refractivity contribution in [3.63, 3.8) is 0 Å². The number of benzene rings is 1. The molecule has 3 heteroatoms. The highest BCUT2D eigenvalue weighted by atomic mass is 19.1.